The summed E-state index contributed by atoms with van der Waals surface area (Å²) in [4.78, 5) is 22.0. The Labute approximate surface area is 213 Å². The molecule has 2 atom stereocenters. The van der Waals surface area contributed by atoms with Crippen molar-refractivity contribution < 1.29 is 9.90 Å². The molecule has 1 aromatic carbocycles. The highest BCUT2D eigenvalue weighted by atomic mass is 16.3. The number of benzene rings is 1. The van der Waals surface area contributed by atoms with E-state index in [1.807, 2.05) is 0 Å². The molecule has 1 amide bonds. The fourth-order valence-corrected chi connectivity index (χ4v) is 5.73. The van der Waals surface area contributed by atoms with Gasteiger partial charge in [-0.15, -0.1) is 0 Å². The van der Waals surface area contributed by atoms with Crippen molar-refractivity contribution in [3.05, 3.63) is 35.4 Å². The second-order valence-corrected chi connectivity index (χ2v) is 11.0. The SMILES string of the molecule is CCCCC(C)(CCCC)N=C(N)N(CO)CCC1CCN(C(=O)C2CCc3ccccc3C2)C1. The lowest BCUT2D eigenvalue weighted by Gasteiger charge is -2.30. The first-order chi connectivity index (χ1) is 16.9. The van der Waals surface area contributed by atoms with Crippen molar-refractivity contribution in [1.29, 1.82) is 0 Å². The number of unbranched alkanes of at least 4 members (excludes halogenated alkanes) is 2. The van der Waals surface area contributed by atoms with Gasteiger partial charge < -0.3 is 20.6 Å². The summed E-state index contributed by atoms with van der Waals surface area (Å²) in [6.45, 7) is 8.82. The number of aryl methyl sites for hydroxylation is 1. The van der Waals surface area contributed by atoms with Crippen LogP contribution in [-0.4, -0.2) is 58.7 Å². The number of carbonyl (C=O) groups excluding carboxylic acids is 1. The van der Waals surface area contributed by atoms with Crippen LogP contribution in [0.2, 0.25) is 0 Å². The predicted octanol–water partition coefficient (Wildman–Crippen LogP) is 4.74. The first-order valence-corrected chi connectivity index (χ1v) is 14.0. The minimum Gasteiger partial charge on any atom is -0.376 e. The van der Waals surface area contributed by atoms with Crippen LogP contribution in [0.15, 0.2) is 29.3 Å². The molecule has 35 heavy (non-hydrogen) atoms. The summed E-state index contributed by atoms with van der Waals surface area (Å²) in [7, 11) is 0. The van der Waals surface area contributed by atoms with Crippen molar-refractivity contribution in [2.75, 3.05) is 26.4 Å². The van der Waals surface area contributed by atoms with Gasteiger partial charge in [0.05, 0.1) is 5.54 Å². The number of fused-ring (bicyclic) bond motifs is 1. The summed E-state index contributed by atoms with van der Waals surface area (Å²) in [6.07, 6.45) is 11.4. The summed E-state index contributed by atoms with van der Waals surface area (Å²) in [6, 6.07) is 8.54. The normalized spacial score (nSPS) is 20.7. The smallest absolute Gasteiger partial charge is 0.226 e. The fraction of sp³-hybridized carbons (Fsp3) is 0.724. The number of nitrogens with zero attached hydrogens (tertiary/aromatic N) is 3. The van der Waals surface area contributed by atoms with Gasteiger partial charge >= 0.3 is 0 Å². The quantitative estimate of drug-likeness (QED) is 0.255. The Morgan fingerprint density at radius 2 is 1.86 bits per heavy atom. The zero-order chi connectivity index (χ0) is 25.3. The average molecular weight is 485 g/mol. The number of aliphatic imine (C=N–C) groups is 1. The molecule has 1 saturated heterocycles. The van der Waals surface area contributed by atoms with Crippen LogP contribution in [0, 0.1) is 11.8 Å². The molecule has 0 spiro atoms. The summed E-state index contributed by atoms with van der Waals surface area (Å²) < 4.78 is 0. The Balaban J connectivity index is 1.51. The van der Waals surface area contributed by atoms with E-state index >= 15 is 0 Å². The minimum absolute atomic E-state index is 0.115. The van der Waals surface area contributed by atoms with Crippen LogP contribution in [0.4, 0.5) is 0 Å². The second kappa shape index (κ2) is 13.3. The van der Waals surface area contributed by atoms with E-state index < -0.39 is 0 Å². The van der Waals surface area contributed by atoms with Crippen LogP contribution in [0.3, 0.4) is 0 Å². The molecule has 0 saturated carbocycles. The lowest BCUT2D eigenvalue weighted by molar-refractivity contribution is -0.135. The number of likely N-dealkylation sites (tertiary alicyclic amines) is 1. The van der Waals surface area contributed by atoms with Crippen molar-refractivity contribution in [1.82, 2.24) is 9.80 Å². The number of carbonyl (C=O) groups is 1. The number of hydrogen-bond acceptors (Lipinski definition) is 3. The molecule has 0 bridgehead atoms. The van der Waals surface area contributed by atoms with Gasteiger partial charge in [0.15, 0.2) is 5.96 Å². The number of guanidine groups is 1. The number of rotatable bonds is 12. The molecule has 3 N–H and O–H groups in total. The standard InChI is InChI=1S/C29H48N4O2/c1-4-6-16-29(3,17-7-5-2)31-28(30)33(22-34)19-15-23-14-18-32(21-23)27(35)26-13-12-24-10-8-9-11-25(24)20-26/h8-11,23,26,34H,4-7,12-22H2,1-3H3,(H2,30,31). The number of amides is 1. The first-order valence-electron chi connectivity index (χ1n) is 14.0. The van der Waals surface area contributed by atoms with E-state index in [9.17, 15) is 9.90 Å². The van der Waals surface area contributed by atoms with Crippen LogP contribution in [0.5, 0.6) is 0 Å². The Kier molecular flexibility index (Phi) is 10.4. The molecule has 1 aliphatic heterocycles. The van der Waals surface area contributed by atoms with Gasteiger partial charge in [-0.1, -0.05) is 63.8 Å². The monoisotopic (exact) mass is 484 g/mol. The Morgan fingerprint density at radius 1 is 1.17 bits per heavy atom. The molecule has 0 radical (unpaired) electrons. The number of nitrogens with two attached hydrogens (primary N) is 1. The summed E-state index contributed by atoms with van der Waals surface area (Å²) in [5.74, 6) is 1.34. The van der Waals surface area contributed by atoms with Crippen LogP contribution < -0.4 is 5.73 Å². The van der Waals surface area contributed by atoms with E-state index in [0.29, 0.717) is 24.3 Å². The number of aliphatic hydroxyl groups excluding tert-OH is 1. The van der Waals surface area contributed by atoms with Gasteiger partial charge in [0.2, 0.25) is 5.91 Å². The van der Waals surface area contributed by atoms with Gasteiger partial charge in [-0.25, -0.2) is 4.99 Å². The highest BCUT2D eigenvalue weighted by Crippen LogP contribution is 2.30. The molecule has 1 aliphatic carbocycles. The highest BCUT2D eigenvalue weighted by Gasteiger charge is 2.33. The van der Waals surface area contributed by atoms with Crippen molar-refractivity contribution in [3.8, 4) is 0 Å². The van der Waals surface area contributed by atoms with E-state index in [1.165, 1.54) is 11.1 Å². The van der Waals surface area contributed by atoms with Gasteiger partial charge in [0.1, 0.15) is 6.73 Å². The molecule has 1 heterocycles. The van der Waals surface area contributed by atoms with Crippen molar-refractivity contribution in [3.63, 3.8) is 0 Å². The molecule has 1 aromatic rings. The molecular weight excluding hydrogens is 436 g/mol. The lowest BCUT2D eigenvalue weighted by atomic mass is 9.83. The molecule has 1 fully saturated rings. The van der Waals surface area contributed by atoms with Gasteiger partial charge in [0, 0.05) is 25.6 Å². The predicted molar refractivity (Wildman–Crippen MR) is 144 cm³/mol. The van der Waals surface area contributed by atoms with Crippen LogP contribution in [-0.2, 0) is 17.6 Å². The van der Waals surface area contributed by atoms with Crippen molar-refractivity contribution >= 4 is 11.9 Å². The third-order valence-corrected chi connectivity index (χ3v) is 8.12. The molecule has 6 nitrogen and oxygen atoms in total. The largest absolute Gasteiger partial charge is 0.376 e. The zero-order valence-electron chi connectivity index (χ0n) is 22.3. The Hall–Kier alpha value is -2.08. The van der Waals surface area contributed by atoms with Gasteiger partial charge in [0.25, 0.3) is 0 Å². The van der Waals surface area contributed by atoms with Gasteiger partial charge in [-0.3, -0.25) is 4.79 Å². The molecule has 0 aromatic heterocycles. The molecule has 2 aliphatic rings. The maximum atomic E-state index is 13.2. The van der Waals surface area contributed by atoms with Crippen LogP contribution in [0.1, 0.15) is 89.7 Å². The zero-order valence-corrected chi connectivity index (χ0v) is 22.3. The van der Waals surface area contributed by atoms with Crippen LogP contribution >= 0.6 is 0 Å². The van der Waals surface area contributed by atoms with E-state index in [4.69, 9.17) is 10.7 Å². The van der Waals surface area contributed by atoms with Gasteiger partial charge in [-0.2, -0.15) is 0 Å². The lowest BCUT2D eigenvalue weighted by Crippen LogP contribution is -2.42. The second-order valence-electron chi connectivity index (χ2n) is 11.0. The molecule has 2 unspecified atom stereocenters. The summed E-state index contributed by atoms with van der Waals surface area (Å²) >= 11 is 0. The average Bonchev–Trinajstić information content (AvgIpc) is 3.35. The maximum Gasteiger partial charge on any atom is 0.226 e. The molecule has 6 heteroatoms. The molecule has 196 valence electrons. The van der Waals surface area contributed by atoms with Crippen molar-refractivity contribution in [2.24, 2.45) is 22.6 Å². The molecular formula is C29H48N4O2. The molecule has 3 rings (SSSR count). The summed E-state index contributed by atoms with van der Waals surface area (Å²) in [5.41, 5.74) is 8.98. The van der Waals surface area contributed by atoms with Crippen molar-refractivity contribution in [2.45, 2.75) is 96.9 Å². The highest BCUT2D eigenvalue weighted by molar-refractivity contribution is 5.80. The summed E-state index contributed by atoms with van der Waals surface area (Å²) in [5, 5.41) is 10.0. The van der Waals surface area contributed by atoms with E-state index in [-0.39, 0.29) is 18.2 Å². The fourth-order valence-electron chi connectivity index (χ4n) is 5.73. The Morgan fingerprint density at radius 3 is 2.51 bits per heavy atom. The number of aliphatic hydroxyl groups is 1. The maximum absolute atomic E-state index is 13.2. The third-order valence-electron chi connectivity index (χ3n) is 8.12. The first kappa shape index (κ1) is 27.5. The topological polar surface area (TPSA) is 82.2 Å². The van der Waals surface area contributed by atoms with Gasteiger partial charge in [-0.05, 0) is 68.9 Å². The third kappa shape index (κ3) is 7.70. The Bertz CT molecular complexity index is 832. The van der Waals surface area contributed by atoms with E-state index in [0.717, 1.165) is 83.7 Å². The van der Waals surface area contributed by atoms with E-state index in [2.05, 4.69) is 49.9 Å². The van der Waals surface area contributed by atoms with E-state index in [1.54, 1.807) is 4.90 Å². The minimum atomic E-state index is -0.168. The number of hydrogen-bond donors (Lipinski definition) is 2. The van der Waals surface area contributed by atoms with Crippen LogP contribution in [0.25, 0.3) is 0 Å².